The lowest BCUT2D eigenvalue weighted by Gasteiger charge is -2.34. The molecular formula is C28H29F9N6O2. The molecule has 246 valence electrons. The fraction of sp³-hybridized carbons (Fsp3) is 0.500. The summed E-state index contributed by atoms with van der Waals surface area (Å²) in [4.78, 5) is 15.2. The van der Waals surface area contributed by atoms with Gasteiger partial charge in [-0.15, -0.1) is 5.10 Å². The molecule has 0 spiro atoms. The fourth-order valence-corrected chi connectivity index (χ4v) is 5.84. The number of aromatic nitrogens is 4. The summed E-state index contributed by atoms with van der Waals surface area (Å²) in [6.45, 7) is 2.29. The molecule has 0 bridgehead atoms. The molecule has 0 saturated carbocycles. The van der Waals surface area contributed by atoms with Gasteiger partial charge in [0.1, 0.15) is 0 Å². The summed E-state index contributed by atoms with van der Waals surface area (Å²) in [6.07, 6.45) is -14.5. The van der Waals surface area contributed by atoms with Crippen LogP contribution in [0, 0.1) is 13.8 Å². The van der Waals surface area contributed by atoms with Gasteiger partial charge in [-0.1, -0.05) is 11.2 Å². The predicted octanol–water partition coefficient (Wildman–Crippen LogP) is 7.10. The first-order chi connectivity index (χ1) is 20.8. The number of carboxylic acids is 1. The Kier molecular flexibility index (Phi) is 9.31. The van der Waals surface area contributed by atoms with Crippen molar-refractivity contribution < 1.29 is 49.4 Å². The van der Waals surface area contributed by atoms with Crippen molar-refractivity contribution in [3.05, 3.63) is 63.2 Å². The topological polar surface area (TPSA) is 87.4 Å². The first-order valence-electron chi connectivity index (χ1n) is 13.7. The van der Waals surface area contributed by atoms with Crippen LogP contribution < -0.4 is 9.80 Å². The van der Waals surface area contributed by atoms with Crippen molar-refractivity contribution in [2.45, 2.75) is 70.6 Å². The molecule has 2 heterocycles. The lowest BCUT2D eigenvalue weighted by atomic mass is 9.90. The van der Waals surface area contributed by atoms with Crippen LogP contribution in [0.25, 0.3) is 0 Å². The highest BCUT2D eigenvalue weighted by atomic mass is 19.4. The van der Waals surface area contributed by atoms with Gasteiger partial charge in [0, 0.05) is 31.7 Å². The number of tetrazole rings is 1. The quantitative estimate of drug-likeness (QED) is 0.260. The largest absolute Gasteiger partial charge is 0.481 e. The van der Waals surface area contributed by atoms with Gasteiger partial charge in [0.25, 0.3) is 5.95 Å². The molecule has 0 unspecified atom stereocenters. The van der Waals surface area contributed by atoms with Gasteiger partial charge in [-0.05, 0) is 78.8 Å². The summed E-state index contributed by atoms with van der Waals surface area (Å²) < 4.78 is 125. The van der Waals surface area contributed by atoms with Crippen molar-refractivity contribution in [1.82, 2.24) is 20.2 Å². The third-order valence-corrected chi connectivity index (χ3v) is 7.58. The van der Waals surface area contributed by atoms with Crippen LogP contribution in [0.4, 0.5) is 51.1 Å². The van der Waals surface area contributed by atoms with Gasteiger partial charge in [0.15, 0.2) is 0 Å². The summed E-state index contributed by atoms with van der Waals surface area (Å²) in [5.41, 5.74) is -4.10. The molecular weight excluding hydrogens is 623 g/mol. The molecule has 45 heavy (non-hydrogen) atoms. The molecule has 8 nitrogen and oxygen atoms in total. The number of fused-ring (bicyclic) bond motifs is 1. The number of benzene rings is 2. The lowest BCUT2D eigenvalue weighted by Crippen LogP contribution is -2.31. The average Bonchev–Trinajstić information content (AvgIpc) is 3.24. The number of carbonyl (C=O) groups is 1. The van der Waals surface area contributed by atoms with Gasteiger partial charge >= 0.3 is 24.5 Å². The highest BCUT2D eigenvalue weighted by molar-refractivity contribution is 5.68. The van der Waals surface area contributed by atoms with E-state index in [0.29, 0.717) is 24.1 Å². The number of halogens is 9. The Morgan fingerprint density at radius 2 is 1.60 bits per heavy atom. The van der Waals surface area contributed by atoms with Gasteiger partial charge in [0.2, 0.25) is 0 Å². The number of aryl methyl sites for hydroxylation is 2. The maximum absolute atomic E-state index is 14.2. The normalized spacial score (nSPS) is 16.0. The van der Waals surface area contributed by atoms with E-state index in [2.05, 4.69) is 15.4 Å². The van der Waals surface area contributed by atoms with Crippen molar-refractivity contribution >= 4 is 17.6 Å². The molecule has 1 aliphatic rings. The number of hydrogen-bond donors (Lipinski definition) is 1. The smallest absolute Gasteiger partial charge is 0.416 e. The van der Waals surface area contributed by atoms with E-state index in [9.17, 15) is 44.3 Å². The molecule has 17 heteroatoms. The van der Waals surface area contributed by atoms with Crippen LogP contribution in [0.15, 0.2) is 24.3 Å². The Labute approximate surface area is 251 Å². The van der Waals surface area contributed by atoms with E-state index in [1.165, 1.54) is 31.9 Å². The molecule has 0 aliphatic carbocycles. The van der Waals surface area contributed by atoms with Crippen molar-refractivity contribution in [2.75, 3.05) is 22.9 Å². The molecule has 0 saturated heterocycles. The number of hydrogen-bond acceptors (Lipinski definition) is 6. The SMILES string of the molecule is Cc1cc2c(c(C)c1C(F)(F)F)N(CCCC(=O)O)CCC[C@@H]2N(Cc1cc(C(F)(F)F)cc(C(F)(F)F)c1)c1nnn(C)n1. The second-order valence-corrected chi connectivity index (χ2v) is 10.9. The lowest BCUT2D eigenvalue weighted by molar-refractivity contribution is -0.143. The van der Waals surface area contributed by atoms with Gasteiger partial charge in [-0.25, -0.2) is 0 Å². The Bertz CT molecular complexity index is 1520. The van der Waals surface area contributed by atoms with Crippen LogP contribution in [0.5, 0.6) is 0 Å². The minimum atomic E-state index is -5.10. The van der Waals surface area contributed by atoms with E-state index in [-0.39, 0.29) is 66.7 Å². The monoisotopic (exact) mass is 652 g/mol. The second-order valence-electron chi connectivity index (χ2n) is 10.9. The van der Waals surface area contributed by atoms with Crippen LogP contribution in [0.2, 0.25) is 0 Å². The zero-order chi connectivity index (χ0) is 33.5. The predicted molar refractivity (Wildman–Crippen MR) is 143 cm³/mol. The minimum absolute atomic E-state index is 0.00967. The summed E-state index contributed by atoms with van der Waals surface area (Å²) >= 11 is 0. The van der Waals surface area contributed by atoms with Crippen molar-refractivity contribution in [2.24, 2.45) is 7.05 Å². The van der Waals surface area contributed by atoms with Crippen LogP contribution in [-0.4, -0.2) is 44.4 Å². The molecule has 3 aromatic rings. The molecule has 0 fully saturated rings. The number of aliphatic carboxylic acids is 1. The van der Waals surface area contributed by atoms with E-state index in [1.807, 2.05) is 0 Å². The zero-order valence-corrected chi connectivity index (χ0v) is 24.3. The average molecular weight is 653 g/mol. The molecule has 0 radical (unpaired) electrons. The first-order valence-corrected chi connectivity index (χ1v) is 13.7. The highest BCUT2D eigenvalue weighted by Crippen LogP contribution is 2.46. The maximum atomic E-state index is 14.2. The van der Waals surface area contributed by atoms with E-state index in [4.69, 9.17) is 5.11 Å². The van der Waals surface area contributed by atoms with Crippen LogP contribution in [0.1, 0.15) is 70.7 Å². The fourth-order valence-electron chi connectivity index (χ4n) is 5.84. The highest BCUT2D eigenvalue weighted by Gasteiger charge is 2.41. The molecule has 4 rings (SSSR count). The van der Waals surface area contributed by atoms with E-state index < -0.39 is 53.8 Å². The summed E-state index contributed by atoms with van der Waals surface area (Å²) in [6, 6.07) is 1.57. The van der Waals surface area contributed by atoms with Crippen molar-refractivity contribution in [3.63, 3.8) is 0 Å². The van der Waals surface area contributed by atoms with Crippen LogP contribution >= 0.6 is 0 Å². The third kappa shape index (κ3) is 7.61. The van der Waals surface area contributed by atoms with Crippen LogP contribution in [0.3, 0.4) is 0 Å². The Balaban J connectivity index is 1.92. The van der Waals surface area contributed by atoms with Gasteiger partial charge in [0.05, 0.1) is 29.8 Å². The first kappa shape index (κ1) is 33.8. The van der Waals surface area contributed by atoms with Crippen molar-refractivity contribution in [1.29, 1.82) is 0 Å². The second kappa shape index (κ2) is 12.4. The number of rotatable bonds is 8. The minimum Gasteiger partial charge on any atom is -0.481 e. The standard InChI is InChI=1S/C28H29F9N6O2/c1-15-10-20-21(6-4-8-42(9-5-7-22(44)45)24(20)16(2)23(15)28(35,36)37)43(25-38-40-41(3)39-25)14-17-11-18(26(29,30)31)13-19(12-17)27(32,33)34/h10-13,21H,4-9,14H2,1-3H3,(H,44,45)/t21-/m0/s1. The molecule has 2 aromatic carbocycles. The third-order valence-electron chi connectivity index (χ3n) is 7.58. The number of nitrogens with zero attached hydrogens (tertiary/aromatic N) is 6. The number of alkyl halides is 9. The summed E-state index contributed by atoms with van der Waals surface area (Å²) in [5, 5.41) is 21.0. The maximum Gasteiger partial charge on any atom is 0.416 e. The van der Waals surface area contributed by atoms with E-state index >= 15 is 0 Å². The summed E-state index contributed by atoms with van der Waals surface area (Å²) in [7, 11) is 1.40. The molecule has 0 amide bonds. The molecule has 1 atom stereocenters. The Hall–Kier alpha value is -4.05. The molecule has 1 aromatic heterocycles. The zero-order valence-electron chi connectivity index (χ0n) is 24.3. The Morgan fingerprint density at radius 1 is 0.978 bits per heavy atom. The van der Waals surface area contributed by atoms with Gasteiger partial charge < -0.3 is 14.9 Å². The Morgan fingerprint density at radius 3 is 2.11 bits per heavy atom. The molecule has 1 aliphatic heterocycles. The van der Waals surface area contributed by atoms with E-state index in [1.54, 1.807) is 4.90 Å². The molecule has 1 N–H and O–H groups in total. The van der Waals surface area contributed by atoms with Gasteiger partial charge in [-0.3, -0.25) is 4.79 Å². The van der Waals surface area contributed by atoms with Gasteiger partial charge in [-0.2, -0.15) is 44.3 Å². The number of carboxylic acid groups (broad SMARTS) is 1. The number of anilines is 2. The summed E-state index contributed by atoms with van der Waals surface area (Å²) in [5.74, 6) is -1.24. The van der Waals surface area contributed by atoms with Crippen molar-refractivity contribution in [3.8, 4) is 0 Å². The van der Waals surface area contributed by atoms with Crippen LogP contribution in [-0.2, 0) is 36.9 Å². The van der Waals surface area contributed by atoms with E-state index in [0.717, 1.165) is 4.80 Å².